The fourth-order valence-corrected chi connectivity index (χ4v) is 2.38. The zero-order valence-corrected chi connectivity index (χ0v) is 14.5. The van der Waals surface area contributed by atoms with Crippen LogP contribution in [0.3, 0.4) is 0 Å². The van der Waals surface area contributed by atoms with E-state index in [1.807, 2.05) is 12.1 Å². The first-order valence-corrected chi connectivity index (χ1v) is 8.41. The lowest BCUT2D eigenvalue weighted by Gasteiger charge is -2.08. The van der Waals surface area contributed by atoms with E-state index in [0.29, 0.717) is 33.0 Å². The molecule has 0 fully saturated rings. The van der Waals surface area contributed by atoms with Crippen molar-refractivity contribution < 1.29 is 23.7 Å². The quantitative estimate of drug-likeness (QED) is 0.554. The summed E-state index contributed by atoms with van der Waals surface area (Å²) in [6.45, 7) is 6.13. The third-order valence-corrected chi connectivity index (χ3v) is 3.92. The standard InChI is InChI=1S/C16H23BrO5/c1-2-3-4-18-5-6-19-7-8-20-11-13-9-15-16(10-14(13)17)22-12-21-15/h9-10H,2-8,11-12H2,1H3. The molecule has 1 aromatic carbocycles. The van der Waals surface area contributed by atoms with E-state index in [0.717, 1.165) is 41.0 Å². The fraction of sp³-hybridized carbons (Fsp3) is 0.625. The number of hydrogen-bond donors (Lipinski definition) is 0. The Morgan fingerprint density at radius 2 is 1.59 bits per heavy atom. The Morgan fingerprint density at radius 3 is 2.32 bits per heavy atom. The molecule has 2 rings (SSSR count). The first-order chi connectivity index (χ1) is 10.8. The Morgan fingerprint density at radius 1 is 0.955 bits per heavy atom. The molecule has 0 aliphatic carbocycles. The second-order valence-corrected chi connectivity index (χ2v) is 5.78. The second-order valence-electron chi connectivity index (χ2n) is 4.93. The van der Waals surface area contributed by atoms with Gasteiger partial charge in [-0.25, -0.2) is 0 Å². The summed E-state index contributed by atoms with van der Waals surface area (Å²) in [5.74, 6) is 1.53. The number of benzene rings is 1. The molecule has 1 aromatic rings. The molecule has 1 heterocycles. The summed E-state index contributed by atoms with van der Waals surface area (Å²) in [5.41, 5.74) is 1.03. The highest BCUT2D eigenvalue weighted by Crippen LogP contribution is 2.37. The van der Waals surface area contributed by atoms with Gasteiger partial charge >= 0.3 is 0 Å². The molecular weight excluding hydrogens is 352 g/mol. The van der Waals surface area contributed by atoms with E-state index in [1.54, 1.807) is 0 Å². The third kappa shape index (κ3) is 5.76. The van der Waals surface area contributed by atoms with Crippen molar-refractivity contribution >= 4 is 15.9 Å². The van der Waals surface area contributed by atoms with Crippen molar-refractivity contribution in [1.29, 1.82) is 0 Å². The van der Waals surface area contributed by atoms with E-state index in [4.69, 9.17) is 23.7 Å². The van der Waals surface area contributed by atoms with Crippen molar-refractivity contribution in [2.24, 2.45) is 0 Å². The molecular formula is C16H23BrO5. The molecule has 1 aliphatic heterocycles. The van der Waals surface area contributed by atoms with E-state index in [-0.39, 0.29) is 6.79 Å². The van der Waals surface area contributed by atoms with Crippen LogP contribution in [0.25, 0.3) is 0 Å². The van der Waals surface area contributed by atoms with Crippen molar-refractivity contribution in [3.8, 4) is 11.5 Å². The molecule has 0 unspecified atom stereocenters. The Bertz CT molecular complexity index is 452. The van der Waals surface area contributed by atoms with Crippen molar-refractivity contribution in [1.82, 2.24) is 0 Å². The van der Waals surface area contributed by atoms with Crippen LogP contribution in [0.4, 0.5) is 0 Å². The summed E-state index contributed by atoms with van der Waals surface area (Å²) in [7, 11) is 0. The zero-order chi connectivity index (χ0) is 15.6. The van der Waals surface area contributed by atoms with Crippen molar-refractivity contribution in [3.63, 3.8) is 0 Å². The minimum Gasteiger partial charge on any atom is -0.454 e. The lowest BCUT2D eigenvalue weighted by Crippen LogP contribution is -2.09. The zero-order valence-electron chi connectivity index (χ0n) is 12.9. The molecule has 0 atom stereocenters. The summed E-state index contributed by atoms with van der Waals surface area (Å²) in [6, 6.07) is 3.85. The van der Waals surface area contributed by atoms with E-state index in [2.05, 4.69) is 22.9 Å². The van der Waals surface area contributed by atoms with Gasteiger partial charge in [0, 0.05) is 11.1 Å². The summed E-state index contributed by atoms with van der Waals surface area (Å²) in [4.78, 5) is 0. The molecule has 6 heteroatoms. The van der Waals surface area contributed by atoms with Crippen LogP contribution in [-0.4, -0.2) is 39.8 Å². The summed E-state index contributed by atoms with van der Waals surface area (Å²) in [5, 5.41) is 0. The van der Waals surface area contributed by atoms with Gasteiger partial charge in [-0.1, -0.05) is 29.3 Å². The molecule has 124 valence electrons. The molecule has 0 saturated heterocycles. The third-order valence-electron chi connectivity index (χ3n) is 3.19. The van der Waals surface area contributed by atoms with Gasteiger partial charge in [0.2, 0.25) is 6.79 Å². The summed E-state index contributed by atoms with van der Waals surface area (Å²) >= 11 is 3.51. The minimum absolute atomic E-state index is 0.278. The van der Waals surface area contributed by atoms with E-state index in [9.17, 15) is 0 Å². The molecule has 0 spiro atoms. The summed E-state index contributed by atoms with van der Waals surface area (Å²) < 4.78 is 28.1. The van der Waals surface area contributed by atoms with Crippen molar-refractivity contribution in [3.05, 3.63) is 22.2 Å². The predicted octanol–water partition coefficient (Wildman–Crippen LogP) is 3.53. The van der Waals surface area contributed by atoms with Crippen LogP contribution in [0.2, 0.25) is 0 Å². The maximum Gasteiger partial charge on any atom is 0.231 e. The smallest absolute Gasteiger partial charge is 0.231 e. The number of halogens is 1. The van der Waals surface area contributed by atoms with Gasteiger partial charge in [0.25, 0.3) is 0 Å². The monoisotopic (exact) mass is 374 g/mol. The van der Waals surface area contributed by atoms with Crippen molar-refractivity contribution in [2.45, 2.75) is 26.4 Å². The van der Waals surface area contributed by atoms with Gasteiger partial charge in [-0.3, -0.25) is 0 Å². The van der Waals surface area contributed by atoms with E-state index < -0.39 is 0 Å². The average molecular weight is 375 g/mol. The molecule has 0 radical (unpaired) electrons. The molecule has 0 N–H and O–H groups in total. The number of rotatable bonds is 11. The maximum absolute atomic E-state index is 5.61. The van der Waals surface area contributed by atoms with Gasteiger partial charge in [-0.05, 0) is 24.1 Å². The van der Waals surface area contributed by atoms with Crippen LogP contribution in [0.1, 0.15) is 25.3 Å². The van der Waals surface area contributed by atoms with Crippen LogP contribution >= 0.6 is 15.9 Å². The second kappa shape index (κ2) is 10.0. The topological polar surface area (TPSA) is 46.2 Å². The van der Waals surface area contributed by atoms with Gasteiger partial charge < -0.3 is 23.7 Å². The highest BCUT2D eigenvalue weighted by Gasteiger charge is 2.16. The predicted molar refractivity (Wildman–Crippen MR) is 86.5 cm³/mol. The molecule has 1 aliphatic rings. The van der Waals surface area contributed by atoms with Gasteiger partial charge in [0.1, 0.15) is 0 Å². The fourth-order valence-electron chi connectivity index (χ4n) is 1.94. The molecule has 0 saturated carbocycles. The number of unbranched alkanes of at least 4 members (excludes halogenated alkanes) is 1. The molecule has 0 aromatic heterocycles. The minimum atomic E-state index is 0.278. The number of hydrogen-bond acceptors (Lipinski definition) is 5. The molecule has 0 bridgehead atoms. The normalized spacial score (nSPS) is 12.8. The Labute approximate surface area is 140 Å². The van der Waals surface area contributed by atoms with Crippen LogP contribution in [0, 0.1) is 0 Å². The number of fused-ring (bicyclic) bond motifs is 1. The first-order valence-electron chi connectivity index (χ1n) is 7.62. The lowest BCUT2D eigenvalue weighted by atomic mass is 10.2. The lowest BCUT2D eigenvalue weighted by molar-refractivity contribution is 0.0101. The van der Waals surface area contributed by atoms with Gasteiger partial charge in [0.05, 0.1) is 33.0 Å². The van der Waals surface area contributed by atoms with E-state index >= 15 is 0 Å². The maximum atomic E-state index is 5.61. The van der Waals surface area contributed by atoms with E-state index in [1.165, 1.54) is 0 Å². The summed E-state index contributed by atoms with van der Waals surface area (Å²) in [6.07, 6.45) is 2.26. The van der Waals surface area contributed by atoms with Crippen LogP contribution in [-0.2, 0) is 20.8 Å². The largest absolute Gasteiger partial charge is 0.454 e. The Kier molecular flexibility index (Phi) is 8.01. The first kappa shape index (κ1) is 17.5. The van der Waals surface area contributed by atoms with Gasteiger partial charge in [-0.2, -0.15) is 0 Å². The van der Waals surface area contributed by atoms with Crippen LogP contribution in [0.15, 0.2) is 16.6 Å². The van der Waals surface area contributed by atoms with Gasteiger partial charge in [-0.15, -0.1) is 0 Å². The highest BCUT2D eigenvalue weighted by atomic mass is 79.9. The SMILES string of the molecule is CCCCOCCOCCOCc1cc2c(cc1Br)OCO2. The molecule has 5 nitrogen and oxygen atoms in total. The molecule has 0 amide bonds. The van der Waals surface area contributed by atoms with Crippen LogP contribution in [0.5, 0.6) is 11.5 Å². The highest BCUT2D eigenvalue weighted by molar-refractivity contribution is 9.10. The van der Waals surface area contributed by atoms with Crippen molar-refractivity contribution in [2.75, 3.05) is 39.8 Å². The Hall–Kier alpha value is -0.820. The van der Waals surface area contributed by atoms with Crippen LogP contribution < -0.4 is 9.47 Å². The Balaban J connectivity index is 1.54. The molecule has 22 heavy (non-hydrogen) atoms. The number of ether oxygens (including phenoxy) is 5. The van der Waals surface area contributed by atoms with Gasteiger partial charge in [0.15, 0.2) is 11.5 Å². The average Bonchev–Trinajstić information content (AvgIpc) is 2.96.